The van der Waals surface area contributed by atoms with Crippen LogP contribution in [0, 0.1) is 5.92 Å². The number of carbonyl (C=O) groups is 1. The SMILES string of the molecule is C/C=C(\C)OC.CC.O=C1C(O)=C(CNCC2CCN(Cc3ccccc3)CC2)CCN1Cc1ccccc1.O=c1c(O)c(CNCc2ccncc2)ccn1Cc1ccccc1. The average molecular weight is 857 g/mol. The summed E-state index contributed by atoms with van der Waals surface area (Å²) < 4.78 is 6.27. The van der Waals surface area contributed by atoms with E-state index in [0.29, 0.717) is 50.7 Å². The van der Waals surface area contributed by atoms with E-state index in [-0.39, 0.29) is 23.0 Å². The fourth-order valence-electron chi connectivity index (χ4n) is 7.14. The van der Waals surface area contributed by atoms with Crippen molar-refractivity contribution in [3.05, 3.63) is 189 Å². The van der Waals surface area contributed by atoms with E-state index < -0.39 is 0 Å². The van der Waals surface area contributed by atoms with Crippen LogP contribution in [0.2, 0.25) is 0 Å². The predicted molar refractivity (Wildman–Crippen MR) is 254 cm³/mol. The second kappa shape index (κ2) is 27.8. The smallest absolute Gasteiger partial charge is 0.293 e. The molecule has 0 atom stereocenters. The molecule has 3 aromatic carbocycles. The Hall–Kier alpha value is -6.01. The largest absolute Gasteiger partial charge is 0.503 e. The van der Waals surface area contributed by atoms with Crippen molar-refractivity contribution in [1.82, 2.24) is 30.0 Å². The van der Waals surface area contributed by atoms with Crippen molar-refractivity contribution in [3.63, 3.8) is 0 Å². The van der Waals surface area contributed by atoms with Gasteiger partial charge in [0.05, 0.1) is 19.4 Å². The summed E-state index contributed by atoms with van der Waals surface area (Å²) in [6, 6.07) is 35.9. The first-order valence-corrected chi connectivity index (χ1v) is 22.2. The summed E-state index contributed by atoms with van der Waals surface area (Å²) in [5.41, 5.74) is 5.65. The van der Waals surface area contributed by atoms with Crippen LogP contribution >= 0.6 is 0 Å². The fraction of sp³-hybridized carbons (Fsp3) is 0.365. The van der Waals surface area contributed by atoms with Crippen LogP contribution in [0.1, 0.15) is 74.8 Å². The molecule has 1 fully saturated rings. The summed E-state index contributed by atoms with van der Waals surface area (Å²) in [4.78, 5) is 33.1. The van der Waals surface area contributed by atoms with Gasteiger partial charge in [-0.1, -0.05) is 111 Å². The number of hydrogen-bond acceptors (Lipinski definition) is 9. The van der Waals surface area contributed by atoms with Crippen LogP contribution in [0.25, 0.3) is 0 Å². The van der Waals surface area contributed by atoms with Gasteiger partial charge in [0.1, 0.15) is 0 Å². The van der Waals surface area contributed by atoms with E-state index >= 15 is 0 Å². The van der Waals surface area contributed by atoms with Crippen LogP contribution in [0.5, 0.6) is 5.75 Å². The minimum absolute atomic E-state index is 0.0626. The van der Waals surface area contributed by atoms with Crippen molar-refractivity contribution >= 4 is 5.91 Å². The van der Waals surface area contributed by atoms with E-state index in [0.717, 1.165) is 60.6 Å². The molecular weight excluding hydrogens is 789 g/mol. The molecule has 0 aliphatic carbocycles. The van der Waals surface area contributed by atoms with Crippen molar-refractivity contribution in [1.29, 1.82) is 0 Å². The Balaban J connectivity index is 0.000000242. The monoisotopic (exact) mass is 857 g/mol. The second-order valence-electron chi connectivity index (χ2n) is 15.4. The highest BCUT2D eigenvalue weighted by molar-refractivity contribution is 5.92. The molecule has 0 radical (unpaired) electrons. The Kier molecular flexibility index (Phi) is 21.9. The number of ether oxygens (including phenoxy) is 1. The van der Waals surface area contributed by atoms with Gasteiger partial charge < -0.3 is 35.1 Å². The molecular formula is C52H68N6O5. The van der Waals surface area contributed by atoms with Crippen LogP contribution < -0.4 is 16.2 Å². The second-order valence-corrected chi connectivity index (χ2v) is 15.4. The summed E-state index contributed by atoms with van der Waals surface area (Å²) in [6.07, 6.45) is 10.2. The highest BCUT2D eigenvalue weighted by Gasteiger charge is 2.27. The summed E-state index contributed by atoms with van der Waals surface area (Å²) in [6.45, 7) is 15.4. The maximum atomic E-state index is 12.6. The molecule has 11 heteroatoms. The Bertz CT molecular complexity index is 2170. The van der Waals surface area contributed by atoms with Crippen LogP contribution in [-0.4, -0.2) is 75.3 Å². The number of nitrogens with zero attached hydrogens (tertiary/aromatic N) is 4. The Morgan fingerprint density at radius 3 is 1.86 bits per heavy atom. The third kappa shape index (κ3) is 17.0. The molecule has 7 rings (SSSR count). The lowest BCUT2D eigenvalue weighted by molar-refractivity contribution is -0.131. The topological polar surface area (TPSA) is 132 Å². The molecule has 2 aliphatic rings. The lowest BCUT2D eigenvalue weighted by atomic mass is 9.96. The molecule has 11 nitrogen and oxygen atoms in total. The number of aromatic nitrogens is 2. The van der Waals surface area contributed by atoms with Crippen LogP contribution in [0.4, 0.5) is 0 Å². The number of rotatable bonds is 15. The zero-order valence-electron chi connectivity index (χ0n) is 37.9. The van der Waals surface area contributed by atoms with Gasteiger partial charge in [-0.2, -0.15) is 0 Å². The molecule has 0 unspecified atom stereocenters. The normalized spacial score (nSPS) is 14.4. The molecule has 2 aromatic heterocycles. The van der Waals surface area contributed by atoms with Gasteiger partial charge in [-0.05, 0) is 105 Å². The number of piperidine rings is 1. The van der Waals surface area contributed by atoms with E-state index in [1.54, 1.807) is 36.7 Å². The first-order chi connectivity index (χ1) is 30.7. The number of nitrogens with one attached hydrogen (secondary N) is 2. The minimum Gasteiger partial charge on any atom is -0.503 e. The molecule has 1 saturated heterocycles. The minimum atomic E-state index is -0.373. The number of likely N-dealkylation sites (tertiary alicyclic amines) is 1. The third-order valence-corrected chi connectivity index (χ3v) is 11.0. The standard InChI is InChI=1S/C26H33N3O2.C19H19N3O2.C5H10O.C2H6/c30-25-24(13-16-29(26(25)31)20-23-9-5-2-6-10-23)18-27-17-21-11-14-28(15-12-21)19-22-7-3-1-4-8-22;23-18-17(13-21-12-15-6-9-20-10-7-15)8-11-22(19(18)24)14-16-4-2-1-3-5-16;1-4-5(2)6-3;1-2/h1-10,21,27,30H,11-20H2;1-11,21,23H,12-14H2;4H,1-3H3;1-2H3/b;;5-4+;. The number of benzene rings is 3. The maximum Gasteiger partial charge on any atom is 0.293 e. The zero-order chi connectivity index (χ0) is 45.2. The fourth-order valence-corrected chi connectivity index (χ4v) is 7.14. The van der Waals surface area contributed by atoms with Gasteiger partial charge >= 0.3 is 0 Å². The number of aromatic hydroxyl groups is 1. The van der Waals surface area contributed by atoms with Gasteiger partial charge in [0.15, 0.2) is 11.5 Å². The molecule has 2 aliphatic heterocycles. The molecule has 4 N–H and O–H groups in total. The van der Waals surface area contributed by atoms with Crippen molar-refractivity contribution in [2.45, 2.75) is 79.7 Å². The van der Waals surface area contributed by atoms with Crippen LogP contribution in [0.3, 0.4) is 0 Å². The molecule has 0 bridgehead atoms. The van der Waals surface area contributed by atoms with Gasteiger partial charge in [0.2, 0.25) is 0 Å². The number of aliphatic hydroxyl groups excluding tert-OH is 1. The maximum absolute atomic E-state index is 12.6. The molecule has 1 amide bonds. The van der Waals surface area contributed by atoms with Crippen molar-refractivity contribution in [2.75, 3.05) is 39.8 Å². The highest BCUT2D eigenvalue weighted by atomic mass is 16.5. The molecule has 4 heterocycles. The molecule has 336 valence electrons. The Morgan fingerprint density at radius 2 is 1.30 bits per heavy atom. The Labute approximate surface area is 374 Å². The number of allylic oxidation sites excluding steroid dienone is 2. The van der Waals surface area contributed by atoms with Gasteiger partial charge in [-0.25, -0.2) is 0 Å². The van der Waals surface area contributed by atoms with E-state index in [9.17, 15) is 19.8 Å². The van der Waals surface area contributed by atoms with E-state index in [1.165, 1.54) is 23.0 Å². The van der Waals surface area contributed by atoms with Gasteiger partial charge in [0, 0.05) is 63.4 Å². The van der Waals surface area contributed by atoms with Gasteiger partial charge in [-0.15, -0.1) is 0 Å². The number of methoxy groups -OCH3 is 1. The number of hydrogen-bond donors (Lipinski definition) is 4. The Morgan fingerprint density at radius 1 is 0.730 bits per heavy atom. The number of aliphatic hydroxyl groups is 1. The summed E-state index contributed by atoms with van der Waals surface area (Å²) in [5.74, 6) is 1.11. The lowest BCUT2D eigenvalue weighted by Crippen LogP contribution is -2.40. The first-order valence-electron chi connectivity index (χ1n) is 22.2. The molecule has 0 spiro atoms. The van der Waals surface area contributed by atoms with E-state index in [4.69, 9.17) is 4.74 Å². The van der Waals surface area contributed by atoms with Crippen LogP contribution in [0.15, 0.2) is 156 Å². The van der Waals surface area contributed by atoms with Crippen molar-refractivity contribution in [3.8, 4) is 5.75 Å². The van der Waals surface area contributed by atoms with E-state index in [2.05, 4.69) is 50.8 Å². The number of amides is 1. The summed E-state index contributed by atoms with van der Waals surface area (Å²) in [5, 5.41) is 27.3. The van der Waals surface area contributed by atoms with E-state index in [1.807, 2.05) is 107 Å². The number of pyridine rings is 2. The third-order valence-electron chi connectivity index (χ3n) is 11.0. The van der Waals surface area contributed by atoms with Gasteiger partial charge in [-0.3, -0.25) is 19.5 Å². The average Bonchev–Trinajstić information content (AvgIpc) is 3.33. The quantitative estimate of drug-likeness (QED) is 0.0765. The molecule has 5 aromatic rings. The lowest BCUT2D eigenvalue weighted by Gasteiger charge is -2.32. The van der Waals surface area contributed by atoms with Crippen molar-refractivity contribution in [2.24, 2.45) is 5.92 Å². The summed E-state index contributed by atoms with van der Waals surface area (Å²) in [7, 11) is 1.66. The number of carbonyl (C=O) groups excluding carboxylic acids is 1. The molecule has 63 heavy (non-hydrogen) atoms. The summed E-state index contributed by atoms with van der Waals surface area (Å²) >= 11 is 0. The van der Waals surface area contributed by atoms with Crippen LogP contribution in [-0.2, 0) is 42.3 Å². The molecule has 0 saturated carbocycles. The zero-order valence-corrected chi connectivity index (χ0v) is 37.9. The van der Waals surface area contributed by atoms with Crippen molar-refractivity contribution < 1.29 is 19.7 Å². The van der Waals surface area contributed by atoms with Gasteiger partial charge in [0.25, 0.3) is 11.5 Å². The highest BCUT2D eigenvalue weighted by Crippen LogP contribution is 2.21. The predicted octanol–water partition coefficient (Wildman–Crippen LogP) is 8.60. The first kappa shape index (κ1) is 49.6.